The molecule has 0 radical (unpaired) electrons. The molecular weight excluding hydrogens is 402 g/mol. The standard InChI is InChI=1S/C28H50.C2H6.CH3NO/c1-19(2)20(3)26(4,5)18-22-12-14-24-23-13-11-21-10-8-9-16-27(21,6)25(23)15-17-28(22,24)7;1-2;2-1-3/h19-25H,8-18H2,1-7H3;1-2H3;1H,(H2,2,3). The topological polar surface area (TPSA) is 43.1 Å². The summed E-state index contributed by atoms with van der Waals surface area (Å²) in [5, 5.41) is 0. The first kappa shape index (κ1) is 28.7. The van der Waals surface area contributed by atoms with Gasteiger partial charge >= 0.3 is 0 Å². The van der Waals surface area contributed by atoms with Crippen molar-refractivity contribution in [3.05, 3.63) is 0 Å². The van der Waals surface area contributed by atoms with Crippen molar-refractivity contribution >= 4 is 6.41 Å². The summed E-state index contributed by atoms with van der Waals surface area (Å²) < 4.78 is 0. The molecule has 2 heteroatoms. The summed E-state index contributed by atoms with van der Waals surface area (Å²) in [5.41, 5.74) is 6.00. The Labute approximate surface area is 207 Å². The second kappa shape index (κ2) is 11.5. The van der Waals surface area contributed by atoms with Crippen LogP contribution in [0.15, 0.2) is 0 Å². The van der Waals surface area contributed by atoms with Crippen LogP contribution in [-0.2, 0) is 4.79 Å². The van der Waals surface area contributed by atoms with E-state index in [2.05, 4.69) is 54.2 Å². The Balaban J connectivity index is 0.000000714. The molecule has 33 heavy (non-hydrogen) atoms. The largest absolute Gasteiger partial charge is 0.372 e. The van der Waals surface area contributed by atoms with Gasteiger partial charge in [0.2, 0.25) is 6.41 Å². The Bertz CT molecular complexity index is 612. The molecule has 8 unspecified atom stereocenters. The van der Waals surface area contributed by atoms with Crippen molar-refractivity contribution in [3.8, 4) is 0 Å². The third-order valence-corrected chi connectivity index (χ3v) is 11.8. The van der Waals surface area contributed by atoms with Crippen LogP contribution in [0.1, 0.15) is 133 Å². The maximum atomic E-state index is 8.58. The van der Waals surface area contributed by atoms with E-state index in [9.17, 15) is 0 Å². The fourth-order valence-electron chi connectivity index (χ4n) is 9.46. The van der Waals surface area contributed by atoms with Gasteiger partial charge in [-0.2, -0.15) is 0 Å². The molecule has 0 aromatic heterocycles. The number of fused-ring (bicyclic) bond motifs is 5. The minimum absolute atomic E-state index is 0.250. The highest BCUT2D eigenvalue weighted by atomic mass is 16.1. The van der Waals surface area contributed by atoms with Crippen LogP contribution in [0.25, 0.3) is 0 Å². The first-order valence-corrected chi connectivity index (χ1v) is 14.7. The zero-order valence-corrected chi connectivity index (χ0v) is 23.9. The van der Waals surface area contributed by atoms with E-state index >= 15 is 0 Å². The highest BCUT2D eigenvalue weighted by Crippen LogP contribution is 2.68. The number of amides is 1. The Hall–Kier alpha value is -0.530. The Morgan fingerprint density at radius 3 is 2.09 bits per heavy atom. The number of hydrogen-bond donors (Lipinski definition) is 1. The first-order chi connectivity index (χ1) is 15.5. The van der Waals surface area contributed by atoms with E-state index in [-0.39, 0.29) is 6.41 Å². The van der Waals surface area contributed by atoms with Crippen molar-refractivity contribution in [2.75, 3.05) is 0 Å². The van der Waals surface area contributed by atoms with Crippen molar-refractivity contribution in [2.24, 2.45) is 63.4 Å². The molecule has 0 aromatic rings. The third kappa shape index (κ3) is 5.50. The molecule has 2 nitrogen and oxygen atoms in total. The van der Waals surface area contributed by atoms with Gasteiger partial charge in [0.05, 0.1) is 0 Å². The minimum Gasteiger partial charge on any atom is -0.372 e. The van der Waals surface area contributed by atoms with Gasteiger partial charge in [0.25, 0.3) is 0 Å². The van der Waals surface area contributed by atoms with Crippen LogP contribution in [-0.4, -0.2) is 6.41 Å². The zero-order chi connectivity index (χ0) is 25.0. The molecule has 4 aliphatic rings. The Kier molecular flexibility index (Phi) is 9.98. The monoisotopic (exact) mass is 461 g/mol. The van der Waals surface area contributed by atoms with Crippen LogP contribution >= 0.6 is 0 Å². The number of carbonyl (C=O) groups excluding carboxylic acids is 1. The molecule has 194 valence electrons. The number of carbonyl (C=O) groups is 1. The average Bonchev–Trinajstić information content (AvgIpc) is 3.10. The van der Waals surface area contributed by atoms with Gasteiger partial charge in [0.15, 0.2) is 0 Å². The highest BCUT2D eigenvalue weighted by Gasteiger charge is 2.59. The van der Waals surface area contributed by atoms with E-state index < -0.39 is 0 Å². The van der Waals surface area contributed by atoms with Crippen molar-refractivity contribution in [3.63, 3.8) is 0 Å². The molecule has 8 atom stereocenters. The maximum Gasteiger partial charge on any atom is 0.204 e. The van der Waals surface area contributed by atoms with E-state index in [0.29, 0.717) is 16.2 Å². The van der Waals surface area contributed by atoms with E-state index in [0.717, 1.165) is 41.4 Å². The molecule has 0 bridgehead atoms. The summed E-state index contributed by atoms with van der Waals surface area (Å²) in [4.78, 5) is 8.58. The van der Waals surface area contributed by atoms with Gasteiger partial charge in [-0.1, -0.05) is 75.2 Å². The molecule has 0 saturated heterocycles. The number of primary amides is 1. The molecule has 4 fully saturated rings. The van der Waals surface area contributed by atoms with Crippen LogP contribution in [0, 0.1) is 57.7 Å². The van der Waals surface area contributed by atoms with Gasteiger partial charge in [-0.05, 0) is 115 Å². The Morgan fingerprint density at radius 2 is 1.48 bits per heavy atom. The van der Waals surface area contributed by atoms with E-state index in [1.165, 1.54) is 32.1 Å². The van der Waals surface area contributed by atoms with E-state index in [4.69, 9.17) is 4.79 Å². The molecule has 1 amide bonds. The van der Waals surface area contributed by atoms with Gasteiger partial charge in [-0.25, -0.2) is 0 Å². The SMILES string of the molecule is CC.CC(C)C(C)C(C)(C)CC1CCC2C3CCC4CCCCC4(C)C3CCC12C.NC=O. The predicted octanol–water partition coefficient (Wildman–Crippen LogP) is 8.87. The summed E-state index contributed by atoms with van der Waals surface area (Å²) in [6.45, 7) is 22.0. The fraction of sp³-hybridized carbons (Fsp3) is 0.968. The third-order valence-electron chi connectivity index (χ3n) is 11.8. The summed E-state index contributed by atoms with van der Waals surface area (Å²) in [6.07, 6.45) is 17.2. The van der Waals surface area contributed by atoms with Gasteiger partial charge in [0.1, 0.15) is 0 Å². The average molecular weight is 462 g/mol. The van der Waals surface area contributed by atoms with Crippen LogP contribution in [0.4, 0.5) is 0 Å². The molecule has 4 rings (SSSR count). The van der Waals surface area contributed by atoms with Gasteiger partial charge in [-0.15, -0.1) is 0 Å². The summed E-state index contributed by atoms with van der Waals surface area (Å²) in [7, 11) is 0. The lowest BCUT2D eigenvalue weighted by atomic mass is 9.44. The van der Waals surface area contributed by atoms with Gasteiger partial charge in [0, 0.05) is 0 Å². The second-order valence-corrected chi connectivity index (χ2v) is 13.6. The lowest BCUT2D eigenvalue weighted by Gasteiger charge is -2.61. The van der Waals surface area contributed by atoms with E-state index in [1.807, 2.05) is 13.8 Å². The second-order valence-electron chi connectivity index (χ2n) is 13.6. The molecule has 0 aliphatic heterocycles. The summed E-state index contributed by atoms with van der Waals surface area (Å²) in [5.74, 6) is 6.84. The van der Waals surface area contributed by atoms with Gasteiger partial charge in [-0.3, -0.25) is 4.79 Å². The predicted molar refractivity (Wildman–Crippen MR) is 144 cm³/mol. The number of rotatable bonds is 4. The van der Waals surface area contributed by atoms with Crippen LogP contribution in [0.2, 0.25) is 0 Å². The molecule has 4 saturated carbocycles. The fourth-order valence-corrected chi connectivity index (χ4v) is 9.46. The number of nitrogens with two attached hydrogens (primary N) is 1. The van der Waals surface area contributed by atoms with E-state index in [1.54, 1.807) is 38.5 Å². The van der Waals surface area contributed by atoms with Crippen molar-refractivity contribution in [2.45, 2.75) is 133 Å². The summed E-state index contributed by atoms with van der Waals surface area (Å²) >= 11 is 0. The molecule has 0 spiro atoms. The molecule has 2 N–H and O–H groups in total. The lowest BCUT2D eigenvalue weighted by Crippen LogP contribution is -2.52. The zero-order valence-electron chi connectivity index (χ0n) is 23.9. The molecular formula is C31H59NO. The molecule has 0 heterocycles. The van der Waals surface area contributed by atoms with Crippen LogP contribution < -0.4 is 5.73 Å². The summed E-state index contributed by atoms with van der Waals surface area (Å²) in [6, 6.07) is 0. The van der Waals surface area contributed by atoms with Crippen molar-refractivity contribution in [1.82, 2.24) is 0 Å². The first-order valence-electron chi connectivity index (χ1n) is 14.7. The van der Waals surface area contributed by atoms with Crippen LogP contribution in [0.3, 0.4) is 0 Å². The van der Waals surface area contributed by atoms with Crippen molar-refractivity contribution in [1.29, 1.82) is 0 Å². The maximum absolute atomic E-state index is 8.58. The Morgan fingerprint density at radius 1 is 0.879 bits per heavy atom. The smallest absolute Gasteiger partial charge is 0.204 e. The van der Waals surface area contributed by atoms with Crippen LogP contribution in [0.5, 0.6) is 0 Å². The molecule has 0 aromatic carbocycles. The minimum atomic E-state index is 0.250. The lowest BCUT2D eigenvalue weighted by molar-refractivity contribution is -0.113. The van der Waals surface area contributed by atoms with Crippen molar-refractivity contribution < 1.29 is 4.79 Å². The molecule has 4 aliphatic carbocycles. The number of hydrogen-bond acceptors (Lipinski definition) is 1. The normalized spacial score (nSPS) is 40.7. The quantitative estimate of drug-likeness (QED) is 0.417. The highest BCUT2D eigenvalue weighted by molar-refractivity contribution is 5.42. The van der Waals surface area contributed by atoms with Gasteiger partial charge < -0.3 is 5.73 Å².